The molecule has 23 heavy (non-hydrogen) atoms. The lowest BCUT2D eigenvalue weighted by atomic mass is 9.89. The van der Waals surface area contributed by atoms with Crippen LogP contribution in [-0.4, -0.2) is 5.75 Å². The second-order valence-electron chi connectivity index (χ2n) is 6.05. The summed E-state index contributed by atoms with van der Waals surface area (Å²) in [6.45, 7) is 0. The van der Waals surface area contributed by atoms with Crippen LogP contribution in [0.15, 0.2) is 81.4 Å². The molecular formula is C21H24S2. The largest absolute Gasteiger partial charge is 0.121 e. The molecule has 2 heteroatoms. The van der Waals surface area contributed by atoms with Gasteiger partial charge in [-0.3, -0.25) is 0 Å². The van der Waals surface area contributed by atoms with Crippen LogP contribution in [0.3, 0.4) is 0 Å². The molecule has 0 saturated heterocycles. The number of rotatable bonds is 6. The van der Waals surface area contributed by atoms with Gasteiger partial charge in [-0.25, -0.2) is 0 Å². The van der Waals surface area contributed by atoms with E-state index in [1.807, 2.05) is 23.5 Å². The summed E-state index contributed by atoms with van der Waals surface area (Å²) >= 11 is 3.89. The first-order valence-corrected chi connectivity index (χ1v) is 10.3. The van der Waals surface area contributed by atoms with Crippen molar-refractivity contribution in [3.63, 3.8) is 0 Å². The zero-order valence-corrected chi connectivity index (χ0v) is 15.1. The van der Waals surface area contributed by atoms with Crippen LogP contribution in [0, 0.1) is 5.92 Å². The molecule has 120 valence electrons. The molecule has 2 aromatic carbocycles. The topological polar surface area (TPSA) is 0 Å². The maximum atomic E-state index is 2.56. The van der Waals surface area contributed by atoms with Crippen molar-refractivity contribution in [2.75, 3.05) is 5.75 Å². The average Bonchev–Trinajstić information content (AvgIpc) is 2.62. The summed E-state index contributed by atoms with van der Waals surface area (Å²) in [5, 5.41) is 0. The van der Waals surface area contributed by atoms with Crippen LogP contribution in [-0.2, 0) is 0 Å². The van der Waals surface area contributed by atoms with Crippen LogP contribution in [0.1, 0.15) is 32.1 Å². The van der Waals surface area contributed by atoms with E-state index in [4.69, 9.17) is 0 Å². The van der Waals surface area contributed by atoms with Gasteiger partial charge in [-0.15, -0.1) is 11.8 Å². The quantitative estimate of drug-likeness (QED) is 0.517. The lowest BCUT2D eigenvalue weighted by Crippen LogP contribution is -2.04. The number of hydrogen-bond acceptors (Lipinski definition) is 2. The number of allylic oxidation sites excluding steroid dienone is 1. The minimum atomic E-state index is 0.784. The number of hydrogen-bond donors (Lipinski definition) is 0. The first kappa shape index (κ1) is 16.7. The van der Waals surface area contributed by atoms with Gasteiger partial charge in [0, 0.05) is 15.5 Å². The maximum Gasteiger partial charge on any atom is 0.0292 e. The Morgan fingerprint density at radius 2 is 1.43 bits per heavy atom. The Morgan fingerprint density at radius 3 is 2.09 bits per heavy atom. The van der Waals surface area contributed by atoms with Gasteiger partial charge in [0.1, 0.15) is 0 Å². The molecule has 0 aromatic heterocycles. The lowest BCUT2D eigenvalue weighted by Gasteiger charge is -2.20. The Morgan fingerprint density at radius 1 is 0.826 bits per heavy atom. The summed E-state index contributed by atoms with van der Waals surface area (Å²) in [6, 6.07) is 21.5. The van der Waals surface area contributed by atoms with Gasteiger partial charge in [-0.1, -0.05) is 73.5 Å². The summed E-state index contributed by atoms with van der Waals surface area (Å²) in [5.41, 5.74) is 0. The van der Waals surface area contributed by atoms with Crippen molar-refractivity contribution in [2.45, 2.75) is 41.9 Å². The highest BCUT2D eigenvalue weighted by molar-refractivity contribution is 8.06. The van der Waals surface area contributed by atoms with Crippen molar-refractivity contribution >= 4 is 23.5 Å². The fourth-order valence-corrected chi connectivity index (χ4v) is 5.01. The van der Waals surface area contributed by atoms with Crippen LogP contribution in [0.5, 0.6) is 0 Å². The highest BCUT2D eigenvalue weighted by Gasteiger charge is 2.13. The predicted molar refractivity (Wildman–Crippen MR) is 104 cm³/mol. The van der Waals surface area contributed by atoms with Crippen molar-refractivity contribution in [3.05, 3.63) is 71.6 Å². The third-order valence-electron chi connectivity index (χ3n) is 4.19. The zero-order chi connectivity index (χ0) is 15.7. The molecule has 0 atom stereocenters. The van der Waals surface area contributed by atoms with Crippen molar-refractivity contribution < 1.29 is 0 Å². The van der Waals surface area contributed by atoms with E-state index < -0.39 is 0 Å². The highest BCUT2D eigenvalue weighted by Crippen LogP contribution is 2.35. The SMILES string of the molecule is C(=C(/CSc1ccccc1)Sc1ccccc1)/C1CCCCC1. The lowest BCUT2D eigenvalue weighted by molar-refractivity contribution is 0.419. The molecule has 3 rings (SSSR count). The number of thioether (sulfide) groups is 2. The fraction of sp³-hybridized carbons (Fsp3) is 0.333. The van der Waals surface area contributed by atoms with Gasteiger partial charge in [0.2, 0.25) is 0 Å². The molecule has 2 aromatic rings. The van der Waals surface area contributed by atoms with Crippen LogP contribution in [0.2, 0.25) is 0 Å². The van der Waals surface area contributed by atoms with Gasteiger partial charge < -0.3 is 0 Å². The van der Waals surface area contributed by atoms with Gasteiger partial charge >= 0.3 is 0 Å². The van der Waals surface area contributed by atoms with Crippen molar-refractivity contribution in [1.29, 1.82) is 0 Å². The van der Waals surface area contributed by atoms with E-state index in [-0.39, 0.29) is 0 Å². The Hall–Kier alpha value is -1.12. The zero-order valence-electron chi connectivity index (χ0n) is 13.5. The molecule has 0 N–H and O–H groups in total. The van der Waals surface area contributed by atoms with E-state index in [0.29, 0.717) is 0 Å². The van der Waals surface area contributed by atoms with Crippen LogP contribution < -0.4 is 0 Å². The molecule has 0 unspecified atom stereocenters. The van der Waals surface area contributed by atoms with Gasteiger partial charge in [0.25, 0.3) is 0 Å². The Labute approximate surface area is 148 Å². The Kier molecular flexibility index (Phi) is 6.72. The molecule has 1 saturated carbocycles. The first-order valence-electron chi connectivity index (χ1n) is 8.51. The minimum Gasteiger partial charge on any atom is -0.121 e. The monoisotopic (exact) mass is 340 g/mol. The molecular weight excluding hydrogens is 316 g/mol. The smallest absolute Gasteiger partial charge is 0.0292 e. The number of benzene rings is 2. The fourth-order valence-electron chi connectivity index (χ4n) is 2.99. The Balaban J connectivity index is 1.68. The third-order valence-corrected chi connectivity index (χ3v) is 6.48. The first-order chi connectivity index (χ1) is 11.4. The molecule has 0 spiro atoms. The van der Waals surface area contributed by atoms with E-state index in [2.05, 4.69) is 66.7 Å². The molecule has 0 bridgehead atoms. The van der Waals surface area contributed by atoms with E-state index in [0.717, 1.165) is 11.7 Å². The molecule has 1 aliphatic rings. The molecule has 1 fully saturated rings. The summed E-state index contributed by atoms with van der Waals surface area (Å²) in [5.74, 6) is 1.85. The molecule has 0 heterocycles. The van der Waals surface area contributed by atoms with E-state index in [9.17, 15) is 0 Å². The average molecular weight is 341 g/mol. The molecule has 1 aliphatic carbocycles. The van der Waals surface area contributed by atoms with Gasteiger partial charge in [0.15, 0.2) is 0 Å². The van der Waals surface area contributed by atoms with Crippen LogP contribution >= 0.6 is 23.5 Å². The molecule has 0 aliphatic heterocycles. The van der Waals surface area contributed by atoms with Crippen LogP contribution in [0.4, 0.5) is 0 Å². The van der Waals surface area contributed by atoms with Crippen molar-refractivity contribution in [3.8, 4) is 0 Å². The second-order valence-corrected chi connectivity index (χ2v) is 8.30. The predicted octanol–water partition coefficient (Wildman–Crippen LogP) is 7.04. The molecule has 0 amide bonds. The standard InChI is InChI=1S/C21H24S2/c1-4-10-18(11-5-1)16-21(23-20-14-8-3-9-15-20)17-22-19-12-6-2-7-13-19/h2-3,6-9,12-16,18H,1,4-5,10-11,17H2/b21-16+. The molecule has 0 radical (unpaired) electrons. The summed E-state index contributed by atoms with van der Waals surface area (Å²) in [7, 11) is 0. The van der Waals surface area contributed by atoms with Crippen LogP contribution in [0.25, 0.3) is 0 Å². The highest BCUT2D eigenvalue weighted by atomic mass is 32.2. The van der Waals surface area contributed by atoms with Crippen molar-refractivity contribution in [1.82, 2.24) is 0 Å². The van der Waals surface area contributed by atoms with Gasteiger partial charge in [-0.05, 0) is 47.9 Å². The van der Waals surface area contributed by atoms with Crippen molar-refractivity contribution in [2.24, 2.45) is 5.92 Å². The second kappa shape index (κ2) is 9.24. The maximum absolute atomic E-state index is 2.56. The van der Waals surface area contributed by atoms with E-state index >= 15 is 0 Å². The molecule has 0 nitrogen and oxygen atoms in total. The summed E-state index contributed by atoms with van der Waals surface area (Å²) in [6.07, 6.45) is 9.52. The minimum absolute atomic E-state index is 0.784. The van der Waals surface area contributed by atoms with E-state index in [1.165, 1.54) is 46.8 Å². The third kappa shape index (κ3) is 5.78. The normalized spacial score (nSPS) is 16.4. The summed E-state index contributed by atoms with van der Waals surface area (Å²) < 4.78 is 0. The van der Waals surface area contributed by atoms with Gasteiger partial charge in [-0.2, -0.15) is 0 Å². The summed E-state index contributed by atoms with van der Waals surface area (Å²) in [4.78, 5) is 4.22. The van der Waals surface area contributed by atoms with E-state index in [1.54, 1.807) is 0 Å². The Bertz CT molecular complexity index is 598. The van der Waals surface area contributed by atoms with Gasteiger partial charge in [0.05, 0.1) is 0 Å².